The first-order valence-corrected chi connectivity index (χ1v) is 5.88. The molecule has 0 aromatic heterocycles. The van der Waals surface area contributed by atoms with Gasteiger partial charge in [-0.15, -0.1) is 0 Å². The van der Waals surface area contributed by atoms with E-state index in [9.17, 15) is 9.50 Å². The van der Waals surface area contributed by atoms with Gasteiger partial charge >= 0.3 is 0 Å². The standard InChI is InChI=1S/C12H15ClFNO/c13-10-4-3-9(14)7-11(10)15-8-12(16)5-1-2-6-12/h3-4,7,15-16H,1-2,5-6,8H2. The van der Waals surface area contributed by atoms with E-state index in [0.29, 0.717) is 17.3 Å². The monoisotopic (exact) mass is 243 g/mol. The van der Waals surface area contributed by atoms with Crippen molar-refractivity contribution in [2.45, 2.75) is 31.3 Å². The summed E-state index contributed by atoms with van der Waals surface area (Å²) in [5.41, 5.74) is -0.114. The second-order valence-corrected chi connectivity index (χ2v) is 4.82. The molecule has 0 heterocycles. The third kappa shape index (κ3) is 2.66. The first-order chi connectivity index (χ1) is 7.59. The van der Waals surface area contributed by atoms with Gasteiger partial charge in [0.15, 0.2) is 0 Å². The molecule has 1 saturated carbocycles. The lowest BCUT2D eigenvalue weighted by Gasteiger charge is -2.23. The van der Waals surface area contributed by atoms with Gasteiger partial charge in [-0.1, -0.05) is 24.4 Å². The van der Waals surface area contributed by atoms with Crippen LogP contribution >= 0.6 is 11.6 Å². The summed E-state index contributed by atoms with van der Waals surface area (Å²) in [5, 5.41) is 13.6. The van der Waals surface area contributed by atoms with E-state index in [1.165, 1.54) is 18.2 Å². The maximum absolute atomic E-state index is 13.0. The van der Waals surface area contributed by atoms with Gasteiger partial charge in [-0.2, -0.15) is 0 Å². The number of anilines is 1. The summed E-state index contributed by atoms with van der Waals surface area (Å²) in [6.45, 7) is 0.427. The van der Waals surface area contributed by atoms with E-state index in [2.05, 4.69) is 5.32 Å². The summed E-state index contributed by atoms with van der Waals surface area (Å²) >= 11 is 5.92. The van der Waals surface area contributed by atoms with E-state index in [1.807, 2.05) is 0 Å². The van der Waals surface area contributed by atoms with Crippen molar-refractivity contribution in [3.8, 4) is 0 Å². The lowest BCUT2D eigenvalue weighted by Crippen LogP contribution is -2.33. The lowest BCUT2D eigenvalue weighted by atomic mass is 10.0. The molecule has 2 N–H and O–H groups in total. The molecule has 1 aromatic rings. The fourth-order valence-electron chi connectivity index (χ4n) is 2.10. The average molecular weight is 244 g/mol. The molecular weight excluding hydrogens is 229 g/mol. The molecule has 0 spiro atoms. The fourth-order valence-corrected chi connectivity index (χ4v) is 2.29. The second-order valence-electron chi connectivity index (χ2n) is 4.41. The van der Waals surface area contributed by atoms with Gasteiger partial charge in [-0.05, 0) is 31.0 Å². The Morgan fingerprint density at radius 3 is 2.75 bits per heavy atom. The van der Waals surface area contributed by atoms with Gasteiger partial charge in [0.05, 0.1) is 16.3 Å². The summed E-state index contributed by atoms with van der Waals surface area (Å²) < 4.78 is 13.0. The summed E-state index contributed by atoms with van der Waals surface area (Å²) in [4.78, 5) is 0. The number of hydrogen-bond acceptors (Lipinski definition) is 2. The van der Waals surface area contributed by atoms with Crippen molar-refractivity contribution in [3.63, 3.8) is 0 Å². The SMILES string of the molecule is OC1(CNc2cc(F)ccc2Cl)CCCC1. The molecule has 0 aliphatic heterocycles. The normalized spacial score (nSPS) is 18.7. The maximum atomic E-state index is 13.0. The first-order valence-electron chi connectivity index (χ1n) is 5.50. The summed E-state index contributed by atoms with van der Waals surface area (Å²) in [7, 11) is 0. The largest absolute Gasteiger partial charge is 0.388 e. The zero-order valence-electron chi connectivity index (χ0n) is 8.97. The molecule has 1 fully saturated rings. The van der Waals surface area contributed by atoms with E-state index in [1.54, 1.807) is 0 Å². The van der Waals surface area contributed by atoms with E-state index in [0.717, 1.165) is 25.7 Å². The predicted molar refractivity (Wildman–Crippen MR) is 63.3 cm³/mol. The molecule has 2 rings (SSSR count). The molecule has 0 radical (unpaired) electrons. The maximum Gasteiger partial charge on any atom is 0.125 e. The topological polar surface area (TPSA) is 32.3 Å². The molecule has 4 heteroatoms. The van der Waals surface area contributed by atoms with Gasteiger partial charge in [0.2, 0.25) is 0 Å². The molecule has 0 unspecified atom stereocenters. The van der Waals surface area contributed by atoms with E-state index >= 15 is 0 Å². The van der Waals surface area contributed by atoms with Crippen molar-refractivity contribution in [2.75, 3.05) is 11.9 Å². The zero-order valence-corrected chi connectivity index (χ0v) is 9.73. The molecule has 0 saturated heterocycles. The molecular formula is C12H15ClFNO. The Kier molecular flexibility index (Phi) is 3.36. The van der Waals surface area contributed by atoms with Gasteiger partial charge in [0, 0.05) is 6.54 Å². The van der Waals surface area contributed by atoms with Crippen molar-refractivity contribution >= 4 is 17.3 Å². The zero-order chi connectivity index (χ0) is 11.6. The van der Waals surface area contributed by atoms with Crippen molar-refractivity contribution in [1.29, 1.82) is 0 Å². The number of nitrogens with one attached hydrogen (secondary N) is 1. The minimum Gasteiger partial charge on any atom is -0.388 e. The van der Waals surface area contributed by atoms with Crippen molar-refractivity contribution in [2.24, 2.45) is 0 Å². The minimum absolute atomic E-state index is 0.328. The number of rotatable bonds is 3. The van der Waals surface area contributed by atoms with Crippen LogP contribution in [0.4, 0.5) is 10.1 Å². The van der Waals surface area contributed by atoms with Crippen LogP contribution in [-0.4, -0.2) is 17.3 Å². The lowest BCUT2D eigenvalue weighted by molar-refractivity contribution is 0.0615. The Labute approximate surface area is 99.4 Å². The molecule has 16 heavy (non-hydrogen) atoms. The van der Waals surface area contributed by atoms with Crippen molar-refractivity contribution < 1.29 is 9.50 Å². The summed E-state index contributed by atoms with van der Waals surface area (Å²) in [6, 6.07) is 4.18. The number of aliphatic hydroxyl groups is 1. The van der Waals surface area contributed by atoms with Gasteiger partial charge in [0.25, 0.3) is 0 Å². The van der Waals surface area contributed by atoms with E-state index in [4.69, 9.17) is 11.6 Å². The Bertz CT molecular complexity index is 377. The van der Waals surface area contributed by atoms with E-state index in [-0.39, 0.29) is 5.82 Å². The Balaban J connectivity index is 2.01. The molecule has 1 aliphatic carbocycles. The van der Waals surface area contributed by atoms with Gasteiger partial charge < -0.3 is 10.4 Å². The van der Waals surface area contributed by atoms with Crippen LogP contribution < -0.4 is 5.32 Å². The van der Waals surface area contributed by atoms with Crippen molar-refractivity contribution in [1.82, 2.24) is 0 Å². The highest BCUT2D eigenvalue weighted by Gasteiger charge is 2.30. The van der Waals surface area contributed by atoms with Gasteiger partial charge in [0.1, 0.15) is 5.82 Å². The molecule has 2 nitrogen and oxygen atoms in total. The third-order valence-electron chi connectivity index (χ3n) is 3.07. The highest BCUT2D eigenvalue weighted by Crippen LogP contribution is 2.30. The van der Waals surface area contributed by atoms with Crippen LogP contribution in [0.2, 0.25) is 5.02 Å². The van der Waals surface area contributed by atoms with Crippen LogP contribution in [0.25, 0.3) is 0 Å². The molecule has 88 valence electrons. The Morgan fingerprint density at radius 2 is 2.06 bits per heavy atom. The molecule has 0 amide bonds. The van der Waals surface area contributed by atoms with Crippen LogP contribution in [-0.2, 0) is 0 Å². The smallest absolute Gasteiger partial charge is 0.125 e. The van der Waals surface area contributed by atoms with Crippen LogP contribution in [0, 0.1) is 5.82 Å². The molecule has 1 aromatic carbocycles. The second kappa shape index (κ2) is 4.60. The molecule has 1 aliphatic rings. The molecule has 0 atom stereocenters. The highest BCUT2D eigenvalue weighted by molar-refractivity contribution is 6.33. The quantitative estimate of drug-likeness (QED) is 0.855. The van der Waals surface area contributed by atoms with Crippen LogP contribution in [0.15, 0.2) is 18.2 Å². The van der Waals surface area contributed by atoms with Gasteiger partial charge in [-0.3, -0.25) is 0 Å². The van der Waals surface area contributed by atoms with Gasteiger partial charge in [-0.25, -0.2) is 4.39 Å². The van der Waals surface area contributed by atoms with Crippen molar-refractivity contribution in [3.05, 3.63) is 29.0 Å². The third-order valence-corrected chi connectivity index (χ3v) is 3.40. The number of halogens is 2. The number of benzene rings is 1. The minimum atomic E-state index is -0.657. The predicted octanol–water partition coefficient (Wildman–Crippen LogP) is 3.20. The van der Waals surface area contributed by atoms with E-state index < -0.39 is 5.60 Å². The first kappa shape index (κ1) is 11.7. The Hall–Kier alpha value is -0.800. The average Bonchev–Trinajstić information content (AvgIpc) is 2.67. The fraction of sp³-hybridized carbons (Fsp3) is 0.500. The Morgan fingerprint density at radius 1 is 1.38 bits per heavy atom. The highest BCUT2D eigenvalue weighted by atomic mass is 35.5. The summed E-state index contributed by atoms with van der Waals surface area (Å²) in [6.07, 6.45) is 3.70. The van der Waals surface area contributed by atoms with Crippen LogP contribution in [0.3, 0.4) is 0 Å². The van der Waals surface area contributed by atoms with Crippen LogP contribution in [0.5, 0.6) is 0 Å². The van der Waals surface area contributed by atoms with Crippen LogP contribution in [0.1, 0.15) is 25.7 Å². The summed E-state index contributed by atoms with van der Waals surface area (Å²) in [5.74, 6) is -0.328. The number of hydrogen-bond donors (Lipinski definition) is 2. The molecule has 0 bridgehead atoms.